The Hall–Kier alpha value is -2.09. The standard InChI is InChI=1S/C16H16N2/c1-11-8-9-15-16(18-12(2)17-15)14(11)10-13-6-4-3-5-7-13/h3-9H,10H2,1-2H3,(H,17,18). The van der Waals surface area contributed by atoms with E-state index in [1.165, 1.54) is 16.7 Å². The van der Waals surface area contributed by atoms with E-state index in [0.717, 1.165) is 23.3 Å². The number of H-pyrrole nitrogens is 1. The predicted octanol–water partition coefficient (Wildman–Crippen LogP) is 3.77. The molecule has 0 aliphatic carbocycles. The zero-order valence-electron chi connectivity index (χ0n) is 10.7. The molecule has 0 spiro atoms. The lowest BCUT2D eigenvalue weighted by atomic mass is 9.99. The fourth-order valence-corrected chi connectivity index (χ4v) is 2.38. The zero-order chi connectivity index (χ0) is 12.5. The molecule has 2 nitrogen and oxygen atoms in total. The van der Waals surface area contributed by atoms with Crippen molar-refractivity contribution in [2.24, 2.45) is 0 Å². The maximum atomic E-state index is 4.61. The molecule has 0 unspecified atom stereocenters. The second-order valence-corrected chi connectivity index (χ2v) is 4.74. The largest absolute Gasteiger partial charge is 0.342 e. The highest BCUT2D eigenvalue weighted by molar-refractivity contribution is 5.80. The molecule has 0 fully saturated rings. The van der Waals surface area contributed by atoms with Crippen LogP contribution in [0.3, 0.4) is 0 Å². The van der Waals surface area contributed by atoms with Crippen molar-refractivity contribution in [2.75, 3.05) is 0 Å². The first kappa shape index (κ1) is 11.0. The smallest absolute Gasteiger partial charge is 0.104 e. The summed E-state index contributed by atoms with van der Waals surface area (Å²) in [7, 11) is 0. The van der Waals surface area contributed by atoms with Crippen LogP contribution in [0.1, 0.15) is 22.5 Å². The van der Waals surface area contributed by atoms with Gasteiger partial charge >= 0.3 is 0 Å². The molecule has 3 rings (SSSR count). The zero-order valence-corrected chi connectivity index (χ0v) is 10.7. The number of aryl methyl sites for hydroxylation is 2. The van der Waals surface area contributed by atoms with Crippen LogP contribution in [0, 0.1) is 13.8 Å². The lowest BCUT2D eigenvalue weighted by Crippen LogP contribution is -1.93. The summed E-state index contributed by atoms with van der Waals surface area (Å²) >= 11 is 0. The first-order chi connectivity index (χ1) is 8.74. The summed E-state index contributed by atoms with van der Waals surface area (Å²) in [4.78, 5) is 7.92. The summed E-state index contributed by atoms with van der Waals surface area (Å²) < 4.78 is 0. The van der Waals surface area contributed by atoms with Gasteiger partial charge in [0.15, 0.2) is 0 Å². The Kier molecular flexibility index (Phi) is 2.63. The number of fused-ring (bicyclic) bond motifs is 1. The molecule has 2 aromatic carbocycles. The lowest BCUT2D eigenvalue weighted by Gasteiger charge is -2.06. The molecule has 0 amide bonds. The van der Waals surface area contributed by atoms with Crippen molar-refractivity contribution in [1.29, 1.82) is 0 Å². The van der Waals surface area contributed by atoms with Gasteiger partial charge in [-0.25, -0.2) is 4.98 Å². The highest BCUT2D eigenvalue weighted by atomic mass is 14.9. The average molecular weight is 236 g/mol. The molecule has 0 atom stereocenters. The molecule has 1 heterocycles. The van der Waals surface area contributed by atoms with E-state index in [9.17, 15) is 0 Å². The quantitative estimate of drug-likeness (QED) is 0.721. The number of benzene rings is 2. The van der Waals surface area contributed by atoms with E-state index in [1.54, 1.807) is 0 Å². The number of aromatic nitrogens is 2. The Morgan fingerprint density at radius 1 is 1.00 bits per heavy atom. The van der Waals surface area contributed by atoms with E-state index >= 15 is 0 Å². The normalized spacial score (nSPS) is 11.0. The van der Waals surface area contributed by atoms with E-state index in [0.29, 0.717) is 0 Å². The fourth-order valence-electron chi connectivity index (χ4n) is 2.38. The van der Waals surface area contributed by atoms with Gasteiger partial charge in [-0.15, -0.1) is 0 Å². The molecule has 0 saturated heterocycles. The second-order valence-electron chi connectivity index (χ2n) is 4.74. The van der Waals surface area contributed by atoms with Crippen LogP contribution in [0.4, 0.5) is 0 Å². The van der Waals surface area contributed by atoms with Crippen molar-refractivity contribution in [3.8, 4) is 0 Å². The van der Waals surface area contributed by atoms with Crippen molar-refractivity contribution in [2.45, 2.75) is 20.3 Å². The highest BCUT2D eigenvalue weighted by Crippen LogP contribution is 2.23. The number of nitrogens with one attached hydrogen (secondary N) is 1. The molecule has 1 N–H and O–H groups in total. The predicted molar refractivity (Wildman–Crippen MR) is 74.8 cm³/mol. The Morgan fingerprint density at radius 3 is 2.56 bits per heavy atom. The van der Waals surface area contributed by atoms with Crippen LogP contribution in [0.15, 0.2) is 42.5 Å². The lowest BCUT2D eigenvalue weighted by molar-refractivity contribution is 1.14. The summed E-state index contributed by atoms with van der Waals surface area (Å²) in [6.07, 6.45) is 0.939. The molecule has 2 heteroatoms. The van der Waals surface area contributed by atoms with Crippen molar-refractivity contribution < 1.29 is 0 Å². The minimum absolute atomic E-state index is 0.939. The van der Waals surface area contributed by atoms with Crippen LogP contribution in [0.25, 0.3) is 11.0 Å². The third-order valence-electron chi connectivity index (χ3n) is 3.34. The van der Waals surface area contributed by atoms with Gasteiger partial charge in [0.05, 0.1) is 11.0 Å². The van der Waals surface area contributed by atoms with Crippen LogP contribution in [0.5, 0.6) is 0 Å². The highest BCUT2D eigenvalue weighted by Gasteiger charge is 2.09. The van der Waals surface area contributed by atoms with E-state index in [1.807, 2.05) is 6.92 Å². The summed E-state index contributed by atoms with van der Waals surface area (Å²) in [6.45, 7) is 4.16. The molecule has 90 valence electrons. The Morgan fingerprint density at radius 2 is 1.78 bits per heavy atom. The van der Waals surface area contributed by atoms with E-state index in [4.69, 9.17) is 0 Å². The molecule has 0 bridgehead atoms. The molecule has 0 aliphatic heterocycles. The minimum Gasteiger partial charge on any atom is -0.342 e. The molecule has 3 aromatic rings. The molecule has 0 radical (unpaired) electrons. The maximum absolute atomic E-state index is 4.61. The van der Waals surface area contributed by atoms with Crippen LogP contribution >= 0.6 is 0 Å². The molecular weight excluding hydrogens is 220 g/mol. The number of nitrogens with zero attached hydrogens (tertiary/aromatic N) is 1. The summed E-state index contributed by atoms with van der Waals surface area (Å²) in [5.41, 5.74) is 6.19. The van der Waals surface area contributed by atoms with Crippen molar-refractivity contribution >= 4 is 11.0 Å². The van der Waals surface area contributed by atoms with Gasteiger partial charge in [0.25, 0.3) is 0 Å². The van der Waals surface area contributed by atoms with E-state index in [2.05, 4.69) is 59.4 Å². The molecule has 0 aliphatic rings. The van der Waals surface area contributed by atoms with Crippen LogP contribution in [0.2, 0.25) is 0 Å². The number of hydrogen-bond acceptors (Lipinski definition) is 1. The van der Waals surface area contributed by atoms with Gasteiger partial charge in [-0.3, -0.25) is 0 Å². The molecule has 0 saturated carbocycles. The SMILES string of the molecule is Cc1nc2c(Cc3ccccc3)c(C)ccc2[nH]1. The first-order valence-corrected chi connectivity index (χ1v) is 6.23. The third-order valence-corrected chi connectivity index (χ3v) is 3.34. The first-order valence-electron chi connectivity index (χ1n) is 6.23. The number of aromatic amines is 1. The van der Waals surface area contributed by atoms with Crippen molar-refractivity contribution in [3.63, 3.8) is 0 Å². The topological polar surface area (TPSA) is 28.7 Å². The number of imidazole rings is 1. The Balaban J connectivity index is 2.13. The Bertz CT molecular complexity index is 681. The average Bonchev–Trinajstić information content (AvgIpc) is 2.75. The van der Waals surface area contributed by atoms with Crippen LogP contribution < -0.4 is 0 Å². The third kappa shape index (κ3) is 1.90. The summed E-state index contributed by atoms with van der Waals surface area (Å²) in [5.74, 6) is 0.977. The van der Waals surface area contributed by atoms with E-state index < -0.39 is 0 Å². The van der Waals surface area contributed by atoms with Gasteiger partial charge in [-0.1, -0.05) is 36.4 Å². The van der Waals surface area contributed by atoms with Crippen LogP contribution in [-0.4, -0.2) is 9.97 Å². The van der Waals surface area contributed by atoms with Gasteiger partial charge in [-0.05, 0) is 43.0 Å². The maximum Gasteiger partial charge on any atom is 0.104 e. The van der Waals surface area contributed by atoms with E-state index in [-0.39, 0.29) is 0 Å². The van der Waals surface area contributed by atoms with Gasteiger partial charge in [0, 0.05) is 0 Å². The minimum atomic E-state index is 0.939. The Labute approximate surface area is 107 Å². The van der Waals surface area contributed by atoms with Gasteiger partial charge < -0.3 is 4.98 Å². The van der Waals surface area contributed by atoms with Crippen molar-refractivity contribution in [1.82, 2.24) is 9.97 Å². The molecule has 18 heavy (non-hydrogen) atoms. The second kappa shape index (κ2) is 4.30. The molecular formula is C16H16N2. The summed E-state index contributed by atoms with van der Waals surface area (Å²) in [6, 6.07) is 14.8. The van der Waals surface area contributed by atoms with Gasteiger partial charge in [-0.2, -0.15) is 0 Å². The monoisotopic (exact) mass is 236 g/mol. The van der Waals surface area contributed by atoms with Gasteiger partial charge in [0.1, 0.15) is 5.82 Å². The van der Waals surface area contributed by atoms with Crippen LogP contribution in [-0.2, 0) is 6.42 Å². The number of rotatable bonds is 2. The fraction of sp³-hybridized carbons (Fsp3) is 0.188. The molecule has 1 aromatic heterocycles. The number of hydrogen-bond donors (Lipinski definition) is 1. The summed E-state index contributed by atoms with van der Waals surface area (Å²) in [5, 5.41) is 0. The van der Waals surface area contributed by atoms with Crippen molar-refractivity contribution in [3.05, 3.63) is 65.0 Å². The van der Waals surface area contributed by atoms with Gasteiger partial charge in [0.2, 0.25) is 0 Å².